The summed E-state index contributed by atoms with van der Waals surface area (Å²) in [5.74, 6) is 2.60. The van der Waals surface area contributed by atoms with E-state index in [1.807, 2.05) is 19.1 Å². The third-order valence-electron chi connectivity index (χ3n) is 4.56. The first-order valence-electron chi connectivity index (χ1n) is 8.10. The van der Waals surface area contributed by atoms with Gasteiger partial charge < -0.3 is 19.3 Å². The van der Waals surface area contributed by atoms with Gasteiger partial charge in [0.05, 0.1) is 14.2 Å². The minimum absolute atomic E-state index is 0.413. The van der Waals surface area contributed by atoms with E-state index < -0.39 is 0 Å². The van der Waals surface area contributed by atoms with E-state index in [2.05, 4.69) is 38.9 Å². The Kier molecular flexibility index (Phi) is 4.74. The number of rotatable bonds is 5. The lowest BCUT2D eigenvalue weighted by atomic mass is 10.2. The van der Waals surface area contributed by atoms with Crippen molar-refractivity contribution in [2.45, 2.75) is 19.4 Å². The minimum atomic E-state index is 0.413. The van der Waals surface area contributed by atoms with E-state index in [1.54, 1.807) is 20.5 Å². The predicted octanol–water partition coefficient (Wildman–Crippen LogP) is 2.52. The zero-order valence-corrected chi connectivity index (χ0v) is 14.7. The first kappa shape index (κ1) is 16.4. The summed E-state index contributed by atoms with van der Waals surface area (Å²) in [6, 6.07) is 8.44. The molecule has 2 heterocycles. The van der Waals surface area contributed by atoms with Crippen LogP contribution < -0.4 is 19.3 Å². The van der Waals surface area contributed by atoms with E-state index in [1.165, 1.54) is 0 Å². The molecular formula is C18H24N4O2. The largest absolute Gasteiger partial charge is 0.497 e. The second-order valence-electron chi connectivity index (χ2n) is 6.09. The predicted molar refractivity (Wildman–Crippen MR) is 95.3 cm³/mol. The lowest BCUT2D eigenvalue weighted by molar-refractivity contribution is 0.394. The fraction of sp³-hybridized carbons (Fsp3) is 0.444. The van der Waals surface area contributed by atoms with E-state index in [-0.39, 0.29) is 0 Å². The molecule has 1 fully saturated rings. The average molecular weight is 328 g/mol. The van der Waals surface area contributed by atoms with E-state index in [0.29, 0.717) is 6.04 Å². The van der Waals surface area contributed by atoms with Crippen LogP contribution in [0.4, 0.5) is 11.5 Å². The summed E-state index contributed by atoms with van der Waals surface area (Å²) in [5.41, 5.74) is 2.11. The SMILES string of the molecule is COc1cc(OC)cc(N2CCC(N(C)c3cc(C)ncn3)C2)c1. The van der Waals surface area contributed by atoms with E-state index in [9.17, 15) is 0 Å². The Morgan fingerprint density at radius 1 is 1.08 bits per heavy atom. The molecule has 1 saturated heterocycles. The van der Waals surface area contributed by atoms with Crippen LogP contribution in [-0.2, 0) is 0 Å². The van der Waals surface area contributed by atoms with Crippen LogP contribution in [0.2, 0.25) is 0 Å². The Balaban J connectivity index is 1.75. The van der Waals surface area contributed by atoms with Gasteiger partial charge in [0.15, 0.2) is 0 Å². The molecule has 1 aliphatic rings. The van der Waals surface area contributed by atoms with Gasteiger partial charge in [-0.05, 0) is 13.3 Å². The van der Waals surface area contributed by atoms with Gasteiger partial charge in [-0.15, -0.1) is 0 Å². The molecule has 0 amide bonds. The number of hydrogen-bond donors (Lipinski definition) is 0. The third kappa shape index (κ3) is 3.37. The molecule has 2 aromatic rings. The Morgan fingerprint density at radius 2 is 1.79 bits per heavy atom. The minimum Gasteiger partial charge on any atom is -0.497 e. The third-order valence-corrected chi connectivity index (χ3v) is 4.56. The molecule has 0 radical (unpaired) electrons. The lowest BCUT2D eigenvalue weighted by Crippen LogP contribution is -2.35. The second kappa shape index (κ2) is 6.95. The average Bonchev–Trinajstić information content (AvgIpc) is 3.10. The fourth-order valence-corrected chi connectivity index (χ4v) is 3.09. The van der Waals surface area contributed by atoms with Gasteiger partial charge in [0.25, 0.3) is 0 Å². The van der Waals surface area contributed by atoms with Crippen molar-refractivity contribution in [3.05, 3.63) is 36.3 Å². The Hall–Kier alpha value is -2.50. The van der Waals surface area contributed by atoms with Crippen molar-refractivity contribution in [3.63, 3.8) is 0 Å². The summed E-state index contributed by atoms with van der Waals surface area (Å²) in [7, 11) is 5.45. The van der Waals surface area contributed by atoms with Gasteiger partial charge >= 0.3 is 0 Å². The van der Waals surface area contributed by atoms with Gasteiger partial charge in [0.1, 0.15) is 23.6 Å². The van der Waals surface area contributed by atoms with Crippen molar-refractivity contribution in [1.82, 2.24) is 9.97 Å². The first-order chi connectivity index (χ1) is 11.6. The van der Waals surface area contributed by atoms with Crippen LogP contribution in [0.3, 0.4) is 0 Å². The highest BCUT2D eigenvalue weighted by molar-refractivity contribution is 5.57. The molecule has 24 heavy (non-hydrogen) atoms. The molecule has 128 valence electrons. The van der Waals surface area contributed by atoms with Crippen molar-refractivity contribution in [1.29, 1.82) is 0 Å². The summed E-state index contributed by atoms with van der Waals surface area (Å²) in [4.78, 5) is 13.2. The summed E-state index contributed by atoms with van der Waals surface area (Å²) >= 11 is 0. The standard InChI is InChI=1S/C18H24N4O2/c1-13-7-18(20-12-19-13)21(2)14-5-6-22(11-14)15-8-16(23-3)10-17(9-15)24-4/h7-10,12,14H,5-6,11H2,1-4H3. The summed E-state index contributed by atoms with van der Waals surface area (Å²) < 4.78 is 10.8. The number of benzene rings is 1. The van der Waals surface area contributed by atoms with Gasteiger partial charge in [0.2, 0.25) is 0 Å². The number of nitrogens with zero attached hydrogens (tertiary/aromatic N) is 4. The van der Waals surface area contributed by atoms with E-state index in [0.717, 1.165) is 48.2 Å². The Labute approximate surface area is 143 Å². The van der Waals surface area contributed by atoms with Crippen molar-refractivity contribution in [2.24, 2.45) is 0 Å². The fourth-order valence-electron chi connectivity index (χ4n) is 3.09. The highest BCUT2D eigenvalue weighted by Gasteiger charge is 2.27. The topological polar surface area (TPSA) is 50.7 Å². The van der Waals surface area contributed by atoms with Crippen LogP contribution in [0.5, 0.6) is 11.5 Å². The highest BCUT2D eigenvalue weighted by atomic mass is 16.5. The van der Waals surface area contributed by atoms with Gasteiger partial charge in [-0.3, -0.25) is 0 Å². The number of hydrogen-bond acceptors (Lipinski definition) is 6. The van der Waals surface area contributed by atoms with Gasteiger partial charge in [-0.1, -0.05) is 0 Å². The molecule has 3 rings (SSSR count). The number of aromatic nitrogens is 2. The molecule has 1 unspecified atom stereocenters. The molecule has 6 heteroatoms. The maximum atomic E-state index is 5.38. The number of anilines is 2. The van der Waals surface area contributed by atoms with Crippen LogP contribution in [0.25, 0.3) is 0 Å². The van der Waals surface area contributed by atoms with E-state index >= 15 is 0 Å². The normalized spacial score (nSPS) is 17.0. The highest BCUT2D eigenvalue weighted by Crippen LogP contribution is 2.31. The molecule has 0 N–H and O–H groups in total. The van der Waals surface area contributed by atoms with Crippen LogP contribution >= 0.6 is 0 Å². The van der Waals surface area contributed by atoms with Crippen LogP contribution in [0.1, 0.15) is 12.1 Å². The second-order valence-corrected chi connectivity index (χ2v) is 6.09. The van der Waals surface area contributed by atoms with Crippen molar-refractivity contribution < 1.29 is 9.47 Å². The molecule has 0 spiro atoms. The van der Waals surface area contributed by atoms with Crippen LogP contribution in [0, 0.1) is 6.92 Å². The molecule has 1 aliphatic heterocycles. The Bertz CT molecular complexity index is 685. The van der Waals surface area contributed by atoms with E-state index in [4.69, 9.17) is 9.47 Å². The zero-order chi connectivity index (χ0) is 17.1. The summed E-state index contributed by atoms with van der Waals surface area (Å²) in [6.07, 6.45) is 2.71. The summed E-state index contributed by atoms with van der Waals surface area (Å²) in [6.45, 7) is 3.92. The lowest BCUT2D eigenvalue weighted by Gasteiger charge is -2.26. The Morgan fingerprint density at radius 3 is 2.42 bits per heavy atom. The van der Waals surface area contributed by atoms with Crippen molar-refractivity contribution >= 4 is 11.5 Å². The molecule has 6 nitrogen and oxygen atoms in total. The molecule has 0 aliphatic carbocycles. The molecule has 1 aromatic carbocycles. The van der Waals surface area contributed by atoms with Gasteiger partial charge in [-0.2, -0.15) is 0 Å². The number of ether oxygens (including phenoxy) is 2. The maximum absolute atomic E-state index is 5.38. The molecular weight excluding hydrogens is 304 g/mol. The maximum Gasteiger partial charge on any atom is 0.132 e. The zero-order valence-electron chi connectivity index (χ0n) is 14.7. The molecule has 0 saturated carbocycles. The smallest absolute Gasteiger partial charge is 0.132 e. The van der Waals surface area contributed by atoms with Crippen LogP contribution in [0.15, 0.2) is 30.6 Å². The molecule has 1 atom stereocenters. The monoisotopic (exact) mass is 328 g/mol. The number of aryl methyl sites for hydroxylation is 1. The molecule has 0 bridgehead atoms. The van der Waals surface area contributed by atoms with Crippen molar-refractivity contribution in [2.75, 3.05) is 44.2 Å². The quantitative estimate of drug-likeness (QED) is 0.841. The summed E-state index contributed by atoms with van der Waals surface area (Å²) in [5, 5.41) is 0. The first-order valence-corrected chi connectivity index (χ1v) is 8.10. The van der Waals surface area contributed by atoms with Gasteiger partial charge in [0, 0.05) is 61.8 Å². The number of likely N-dealkylation sites (N-methyl/N-ethyl adjacent to an activating group) is 1. The number of methoxy groups -OCH3 is 2. The van der Waals surface area contributed by atoms with Crippen LogP contribution in [-0.4, -0.2) is 50.4 Å². The molecule has 1 aromatic heterocycles. The van der Waals surface area contributed by atoms with Gasteiger partial charge in [-0.25, -0.2) is 9.97 Å². The van der Waals surface area contributed by atoms with Crippen molar-refractivity contribution in [3.8, 4) is 11.5 Å².